The molecule has 1 saturated heterocycles. The van der Waals surface area contributed by atoms with Gasteiger partial charge in [-0.3, -0.25) is 0 Å². The number of halogens is 2. The van der Waals surface area contributed by atoms with Crippen molar-refractivity contribution in [3.8, 4) is 5.75 Å². The van der Waals surface area contributed by atoms with Crippen LogP contribution >= 0.6 is 11.6 Å². The molecule has 116 valence electrons. The third kappa shape index (κ3) is 3.40. The van der Waals surface area contributed by atoms with Gasteiger partial charge in [0.2, 0.25) is 0 Å². The molecule has 3 nitrogen and oxygen atoms in total. The maximum Gasteiger partial charge on any atom is 0.183 e. The Morgan fingerprint density at radius 3 is 2.73 bits per heavy atom. The van der Waals surface area contributed by atoms with E-state index < -0.39 is 11.9 Å². The number of ether oxygens (including phenoxy) is 2. The topological polar surface area (TPSA) is 30.5 Å². The zero-order valence-electron chi connectivity index (χ0n) is 12.0. The average molecular weight is 322 g/mol. The van der Waals surface area contributed by atoms with Gasteiger partial charge in [-0.1, -0.05) is 48.0 Å². The van der Waals surface area contributed by atoms with E-state index in [1.807, 2.05) is 30.3 Å². The predicted octanol–water partition coefficient (Wildman–Crippen LogP) is 3.59. The van der Waals surface area contributed by atoms with Crippen molar-refractivity contribution in [2.24, 2.45) is 0 Å². The predicted molar refractivity (Wildman–Crippen MR) is 83.8 cm³/mol. The highest BCUT2D eigenvalue weighted by molar-refractivity contribution is 6.30. The fourth-order valence-corrected chi connectivity index (χ4v) is 2.66. The molecule has 0 aliphatic carbocycles. The second kappa shape index (κ2) is 7.09. The molecular weight excluding hydrogens is 305 g/mol. The molecule has 0 saturated carbocycles. The smallest absolute Gasteiger partial charge is 0.183 e. The standard InChI is InChI=1S/C17H17ClFNO2/c18-13-7-4-8-14(16(13)19)22-17(12-5-2-1-3-6-12)15-11-20-9-10-21-15/h1-8,15,17,20H,9-11H2. The molecule has 0 amide bonds. The minimum atomic E-state index is -0.547. The van der Waals surface area contributed by atoms with Crippen LogP contribution in [0.4, 0.5) is 4.39 Å². The molecule has 1 heterocycles. The van der Waals surface area contributed by atoms with Crippen LogP contribution in [0.3, 0.4) is 0 Å². The van der Waals surface area contributed by atoms with Gasteiger partial charge >= 0.3 is 0 Å². The third-order valence-corrected chi connectivity index (χ3v) is 3.88. The Kier molecular flexibility index (Phi) is 4.93. The van der Waals surface area contributed by atoms with E-state index >= 15 is 0 Å². The fraction of sp³-hybridized carbons (Fsp3) is 0.294. The molecule has 2 unspecified atom stereocenters. The van der Waals surface area contributed by atoms with Crippen molar-refractivity contribution in [1.82, 2.24) is 5.32 Å². The van der Waals surface area contributed by atoms with Gasteiger partial charge in [0.25, 0.3) is 0 Å². The van der Waals surface area contributed by atoms with Crippen molar-refractivity contribution in [1.29, 1.82) is 0 Å². The third-order valence-electron chi connectivity index (χ3n) is 3.59. The largest absolute Gasteiger partial charge is 0.480 e. The lowest BCUT2D eigenvalue weighted by molar-refractivity contribution is -0.0442. The molecular formula is C17H17ClFNO2. The Hall–Kier alpha value is -1.62. The van der Waals surface area contributed by atoms with Gasteiger partial charge in [-0.15, -0.1) is 0 Å². The molecule has 22 heavy (non-hydrogen) atoms. The number of morpholine rings is 1. The highest BCUT2D eigenvalue weighted by Crippen LogP contribution is 2.31. The van der Waals surface area contributed by atoms with Crippen molar-refractivity contribution in [3.05, 3.63) is 64.9 Å². The summed E-state index contributed by atoms with van der Waals surface area (Å²) in [5.74, 6) is -0.413. The maximum absolute atomic E-state index is 14.1. The highest BCUT2D eigenvalue weighted by Gasteiger charge is 2.28. The highest BCUT2D eigenvalue weighted by atomic mass is 35.5. The second-order valence-electron chi connectivity index (χ2n) is 5.11. The Morgan fingerprint density at radius 2 is 2.00 bits per heavy atom. The van der Waals surface area contributed by atoms with Gasteiger partial charge < -0.3 is 14.8 Å². The van der Waals surface area contributed by atoms with Crippen LogP contribution in [0, 0.1) is 5.82 Å². The van der Waals surface area contributed by atoms with Gasteiger partial charge in [0.05, 0.1) is 11.6 Å². The molecule has 1 aliphatic rings. The summed E-state index contributed by atoms with van der Waals surface area (Å²) >= 11 is 5.83. The van der Waals surface area contributed by atoms with Gasteiger partial charge in [-0.25, -0.2) is 4.39 Å². The first kappa shape index (κ1) is 15.3. The molecule has 1 aliphatic heterocycles. The molecule has 0 radical (unpaired) electrons. The molecule has 3 rings (SSSR count). The average Bonchev–Trinajstić information content (AvgIpc) is 2.58. The van der Waals surface area contributed by atoms with E-state index in [0.717, 1.165) is 12.1 Å². The Morgan fingerprint density at radius 1 is 1.18 bits per heavy atom. The first-order valence-corrected chi connectivity index (χ1v) is 7.61. The zero-order valence-corrected chi connectivity index (χ0v) is 12.7. The maximum atomic E-state index is 14.1. The molecule has 2 aromatic carbocycles. The minimum Gasteiger partial charge on any atom is -0.480 e. The number of hydrogen-bond acceptors (Lipinski definition) is 3. The summed E-state index contributed by atoms with van der Waals surface area (Å²) in [5, 5.41) is 3.32. The molecule has 1 N–H and O–H groups in total. The molecule has 2 atom stereocenters. The number of hydrogen-bond donors (Lipinski definition) is 1. The van der Waals surface area contributed by atoms with Crippen LogP contribution in [-0.4, -0.2) is 25.8 Å². The van der Waals surface area contributed by atoms with Gasteiger partial charge in [0.15, 0.2) is 17.7 Å². The van der Waals surface area contributed by atoms with E-state index in [1.165, 1.54) is 6.07 Å². The van der Waals surface area contributed by atoms with Crippen LogP contribution in [0.1, 0.15) is 11.7 Å². The molecule has 0 bridgehead atoms. The second-order valence-corrected chi connectivity index (χ2v) is 5.52. The lowest BCUT2D eigenvalue weighted by atomic mass is 10.0. The van der Waals surface area contributed by atoms with Gasteiger partial charge in [-0.2, -0.15) is 0 Å². The van der Waals surface area contributed by atoms with Crippen LogP contribution < -0.4 is 10.1 Å². The van der Waals surface area contributed by atoms with Crippen molar-refractivity contribution in [3.63, 3.8) is 0 Å². The summed E-state index contributed by atoms with van der Waals surface area (Å²) < 4.78 is 25.9. The monoisotopic (exact) mass is 321 g/mol. The van der Waals surface area contributed by atoms with E-state index in [0.29, 0.717) is 13.2 Å². The lowest BCUT2D eigenvalue weighted by Crippen LogP contribution is -2.43. The summed E-state index contributed by atoms with van der Waals surface area (Å²) in [5.41, 5.74) is 0.940. The summed E-state index contributed by atoms with van der Waals surface area (Å²) in [7, 11) is 0. The Labute approximate surface area is 134 Å². The summed E-state index contributed by atoms with van der Waals surface area (Å²) in [6.45, 7) is 2.07. The van der Waals surface area contributed by atoms with E-state index in [9.17, 15) is 4.39 Å². The molecule has 1 fully saturated rings. The first-order valence-electron chi connectivity index (χ1n) is 7.23. The summed E-state index contributed by atoms with van der Waals surface area (Å²) in [6, 6.07) is 14.4. The van der Waals surface area contributed by atoms with Crippen molar-refractivity contribution < 1.29 is 13.9 Å². The molecule has 2 aromatic rings. The van der Waals surface area contributed by atoms with E-state index in [1.54, 1.807) is 12.1 Å². The van der Waals surface area contributed by atoms with Crippen LogP contribution in [0.5, 0.6) is 5.75 Å². The SMILES string of the molecule is Fc1c(Cl)cccc1OC(c1ccccc1)C1CNCCO1. The first-order chi connectivity index (χ1) is 10.8. The summed E-state index contributed by atoms with van der Waals surface area (Å²) in [4.78, 5) is 0. The van der Waals surface area contributed by atoms with E-state index in [2.05, 4.69) is 5.32 Å². The molecule has 0 aromatic heterocycles. The van der Waals surface area contributed by atoms with Crippen LogP contribution in [-0.2, 0) is 4.74 Å². The van der Waals surface area contributed by atoms with Crippen molar-refractivity contribution in [2.45, 2.75) is 12.2 Å². The zero-order chi connectivity index (χ0) is 15.4. The lowest BCUT2D eigenvalue weighted by Gasteiger charge is -2.31. The quantitative estimate of drug-likeness (QED) is 0.933. The van der Waals surface area contributed by atoms with Gasteiger partial charge in [0.1, 0.15) is 6.10 Å². The number of nitrogens with one attached hydrogen (secondary N) is 1. The van der Waals surface area contributed by atoms with Gasteiger partial charge in [-0.05, 0) is 17.7 Å². The van der Waals surface area contributed by atoms with Gasteiger partial charge in [0, 0.05) is 13.1 Å². The fourth-order valence-electron chi connectivity index (χ4n) is 2.49. The number of rotatable bonds is 4. The van der Waals surface area contributed by atoms with E-state index in [4.69, 9.17) is 21.1 Å². The summed E-state index contributed by atoms with van der Waals surface area (Å²) in [6.07, 6.45) is -0.587. The van der Waals surface area contributed by atoms with Crippen molar-refractivity contribution >= 4 is 11.6 Å². The molecule has 0 spiro atoms. The Bertz CT molecular complexity index is 617. The molecule has 5 heteroatoms. The normalized spacial score (nSPS) is 19.6. The van der Waals surface area contributed by atoms with Crippen LogP contribution in [0.15, 0.2) is 48.5 Å². The van der Waals surface area contributed by atoms with Crippen molar-refractivity contribution in [2.75, 3.05) is 19.7 Å². The van der Waals surface area contributed by atoms with Crippen LogP contribution in [0.25, 0.3) is 0 Å². The van der Waals surface area contributed by atoms with Crippen LogP contribution in [0.2, 0.25) is 5.02 Å². The number of benzene rings is 2. The Balaban J connectivity index is 1.89. The minimum absolute atomic E-state index is 0.0481. The van der Waals surface area contributed by atoms with E-state index in [-0.39, 0.29) is 16.9 Å².